The van der Waals surface area contributed by atoms with Gasteiger partial charge in [-0.05, 0) is 31.2 Å². The highest BCUT2D eigenvalue weighted by atomic mass is 79.9. The second-order valence-electron chi connectivity index (χ2n) is 2.66. The Balaban J connectivity index is 2.37. The molecule has 1 rings (SSSR count). The third kappa shape index (κ3) is 4.60. The number of nitrogens with zero attached hydrogens (tertiary/aromatic N) is 1. The van der Waals surface area contributed by atoms with Gasteiger partial charge in [-0.1, -0.05) is 15.9 Å². The van der Waals surface area contributed by atoms with E-state index in [-0.39, 0.29) is 12.5 Å². The molecule has 1 N–H and O–H groups in total. The quantitative estimate of drug-likeness (QED) is 0.672. The van der Waals surface area contributed by atoms with Crippen LogP contribution in [0.5, 0.6) is 5.75 Å². The summed E-state index contributed by atoms with van der Waals surface area (Å²) >= 11 is 3.31. The molecule has 0 aliphatic carbocycles. The van der Waals surface area contributed by atoms with Gasteiger partial charge in [-0.25, -0.2) is 5.43 Å². The first-order chi connectivity index (χ1) is 7.22. The molecule has 0 atom stereocenters. The molecule has 0 saturated heterocycles. The number of hydrazone groups is 1. The largest absolute Gasteiger partial charge is 0.484 e. The standard InChI is InChI=1S/C10H11BrN2O2/c1-2-12-13-10(14)7-15-9-5-3-8(11)4-6-9/h2-6H,7H2,1H3,(H,13,14). The average molecular weight is 271 g/mol. The highest BCUT2D eigenvalue weighted by Gasteiger charge is 2.00. The molecule has 0 spiro atoms. The number of halogens is 1. The molecule has 0 heterocycles. The van der Waals surface area contributed by atoms with Crippen molar-refractivity contribution in [2.24, 2.45) is 5.10 Å². The predicted molar refractivity (Wildman–Crippen MR) is 61.9 cm³/mol. The average Bonchev–Trinajstić information content (AvgIpc) is 2.25. The molecule has 1 aromatic carbocycles. The SMILES string of the molecule is CC=NNC(=O)COc1ccc(Br)cc1. The zero-order valence-electron chi connectivity index (χ0n) is 8.24. The molecule has 1 amide bonds. The summed E-state index contributed by atoms with van der Waals surface area (Å²) in [5, 5.41) is 3.59. The van der Waals surface area contributed by atoms with Crippen LogP contribution in [-0.2, 0) is 4.79 Å². The summed E-state index contributed by atoms with van der Waals surface area (Å²) in [6.07, 6.45) is 1.50. The van der Waals surface area contributed by atoms with E-state index < -0.39 is 0 Å². The lowest BCUT2D eigenvalue weighted by molar-refractivity contribution is -0.123. The van der Waals surface area contributed by atoms with E-state index in [9.17, 15) is 4.79 Å². The van der Waals surface area contributed by atoms with E-state index in [1.807, 2.05) is 12.1 Å². The normalized spacial score (nSPS) is 10.3. The maximum absolute atomic E-state index is 11.1. The van der Waals surface area contributed by atoms with Gasteiger partial charge in [0.15, 0.2) is 6.61 Å². The van der Waals surface area contributed by atoms with Crippen LogP contribution >= 0.6 is 15.9 Å². The van der Waals surface area contributed by atoms with Crippen LogP contribution in [0.3, 0.4) is 0 Å². The fourth-order valence-electron chi connectivity index (χ4n) is 0.849. The Bertz CT molecular complexity index is 349. The van der Waals surface area contributed by atoms with Crippen LogP contribution < -0.4 is 10.2 Å². The molecule has 5 heteroatoms. The van der Waals surface area contributed by atoms with Crippen LogP contribution in [0.25, 0.3) is 0 Å². The van der Waals surface area contributed by atoms with Crippen LogP contribution in [-0.4, -0.2) is 18.7 Å². The molecule has 0 radical (unpaired) electrons. The molecule has 0 bridgehead atoms. The minimum Gasteiger partial charge on any atom is -0.484 e. The zero-order valence-corrected chi connectivity index (χ0v) is 9.82. The summed E-state index contributed by atoms with van der Waals surface area (Å²) in [6.45, 7) is 1.68. The summed E-state index contributed by atoms with van der Waals surface area (Å²) in [4.78, 5) is 11.1. The van der Waals surface area contributed by atoms with Crippen molar-refractivity contribution in [1.82, 2.24) is 5.43 Å². The monoisotopic (exact) mass is 270 g/mol. The number of carbonyl (C=O) groups is 1. The fourth-order valence-corrected chi connectivity index (χ4v) is 1.11. The number of nitrogens with one attached hydrogen (secondary N) is 1. The zero-order chi connectivity index (χ0) is 11.1. The van der Waals surface area contributed by atoms with Gasteiger partial charge in [0.05, 0.1) is 0 Å². The Morgan fingerprint density at radius 1 is 1.53 bits per heavy atom. The number of ether oxygens (including phenoxy) is 1. The first kappa shape index (κ1) is 11.7. The van der Waals surface area contributed by atoms with Crippen molar-refractivity contribution in [2.75, 3.05) is 6.61 Å². The van der Waals surface area contributed by atoms with E-state index in [2.05, 4.69) is 26.5 Å². The first-order valence-corrected chi connectivity index (χ1v) is 5.16. The minimum absolute atomic E-state index is 0.0427. The molecule has 1 aromatic rings. The van der Waals surface area contributed by atoms with Gasteiger partial charge >= 0.3 is 0 Å². The molecule has 80 valence electrons. The lowest BCUT2D eigenvalue weighted by atomic mass is 10.3. The Labute approximate surface area is 96.4 Å². The summed E-state index contributed by atoms with van der Waals surface area (Å²) in [6, 6.07) is 7.25. The number of rotatable bonds is 4. The molecule has 0 fully saturated rings. The molecule has 0 unspecified atom stereocenters. The van der Waals surface area contributed by atoms with Gasteiger partial charge in [0.25, 0.3) is 5.91 Å². The van der Waals surface area contributed by atoms with Gasteiger partial charge in [0, 0.05) is 10.7 Å². The molecule has 0 aliphatic heterocycles. The molecule has 4 nitrogen and oxygen atoms in total. The molecule has 0 aromatic heterocycles. The summed E-state index contributed by atoms with van der Waals surface area (Å²) in [5.74, 6) is 0.366. The minimum atomic E-state index is -0.281. The van der Waals surface area contributed by atoms with Gasteiger partial charge in [-0.15, -0.1) is 0 Å². The van der Waals surface area contributed by atoms with Gasteiger partial charge in [-0.2, -0.15) is 5.10 Å². The van der Waals surface area contributed by atoms with Crippen molar-refractivity contribution in [2.45, 2.75) is 6.92 Å². The lowest BCUT2D eigenvalue weighted by Crippen LogP contribution is -2.24. The first-order valence-electron chi connectivity index (χ1n) is 4.37. The van der Waals surface area contributed by atoms with Crippen LogP contribution in [0, 0.1) is 0 Å². The van der Waals surface area contributed by atoms with Crippen LogP contribution in [0.15, 0.2) is 33.8 Å². The van der Waals surface area contributed by atoms with E-state index in [4.69, 9.17) is 4.74 Å². The second-order valence-corrected chi connectivity index (χ2v) is 3.58. The second kappa shape index (κ2) is 6.19. The van der Waals surface area contributed by atoms with Crippen molar-refractivity contribution < 1.29 is 9.53 Å². The van der Waals surface area contributed by atoms with E-state index in [1.54, 1.807) is 19.1 Å². The number of benzene rings is 1. The van der Waals surface area contributed by atoms with E-state index in [1.165, 1.54) is 6.21 Å². The smallest absolute Gasteiger partial charge is 0.277 e. The Morgan fingerprint density at radius 3 is 2.80 bits per heavy atom. The topological polar surface area (TPSA) is 50.7 Å². The van der Waals surface area contributed by atoms with Crippen molar-refractivity contribution in [3.05, 3.63) is 28.7 Å². The molecule has 0 aliphatic rings. The molecular weight excluding hydrogens is 260 g/mol. The summed E-state index contributed by atoms with van der Waals surface area (Å²) in [7, 11) is 0. The predicted octanol–water partition coefficient (Wildman–Crippen LogP) is 1.95. The van der Waals surface area contributed by atoms with Crippen molar-refractivity contribution in [3.8, 4) is 5.75 Å². The summed E-state index contributed by atoms with van der Waals surface area (Å²) in [5.41, 5.74) is 2.31. The number of carbonyl (C=O) groups excluding carboxylic acids is 1. The van der Waals surface area contributed by atoms with E-state index in [0.29, 0.717) is 5.75 Å². The highest BCUT2D eigenvalue weighted by Crippen LogP contribution is 2.15. The summed E-state index contributed by atoms with van der Waals surface area (Å²) < 4.78 is 6.18. The Morgan fingerprint density at radius 2 is 2.20 bits per heavy atom. The lowest BCUT2D eigenvalue weighted by Gasteiger charge is -2.04. The Kier molecular flexibility index (Phi) is 4.83. The number of hydrogen-bond donors (Lipinski definition) is 1. The number of amides is 1. The van der Waals surface area contributed by atoms with E-state index >= 15 is 0 Å². The van der Waals surface area contributed by atoms with Gasteiger partial charge in [0.1, 0.15) is 5.75 Å². The highest BCUT2D eigenvalue weighted by molar-refractivity contribution is 9.10. The van der Waals surface area contributed by atoms with E-state index in [0.717, 1.165) is 4.47 Å². The van der Waals surface area contributed by atoms with Gasteiger partial charge in [-0.3, -0.25) is 4.79 Å². The maximum Gasteiger partial charge on any atom is 0.277 e. The Hall–Kier alpha value is -1.36. The van der Waals surface area contributed by atoms with Gasteiger partial charge in [0.2, 0.25) is 0 Å². The van der Waals surface area contributed by atoms with Crippen molar-refractivity contribution in [1.29, 1.82) is 0 Å². The fraction of sp³-hybridized carbons (Fsp3) is 0.200. The molecule has 0 saturated carbocycles. The van der Waals surface area contributed by atoms with Crippen molar-refractivity contribution >= 4 is 28.1 Å². The molecule has 15 heavy (non-hydrogen) atoms. The van der Waals surface area contributed by atoms with Crippen LogP contribution in [0.1, 0.15) is 6.92 Å². The molecular formula is C10H11BrN2O2. The maximum atomic E-state index is 11.1. The van der Waals surface area contributed by atoms with Crippen LogP contribution in [0.4, 0.5) is 0 Å². The van der Waals surface area contributed by atoms with Crippen LogP contribution in [0.2, 0.25) is 0 Å². The van der Waals surface area contributed by atoms with Gasteiger partial charge < -0.3 is 4.74 Å². The number of hydrogen-bond acceptors (Lipinski definition) is 3. The van der Waals surface area contributed by atoms with Crippen molar-refractivity contribution in [3.63, 3.8) is 0 Å². The third-order valence-electron chi connectivity index (χ3n) is 1.50. The third-order valence-corrected chi connectivity index (χ3v) is 2.03.